The zero-order valence-corrected chi connectivity index (χ0v) is 60.0. The third kappa shape index (κ3) is 12.2. The van der Waals surface area contributed by atoms with Gasteiger partial charge in [0.25, 0.3) is 0 Å². The van der Waals surface area contributed by atoms with Gasteiger partial charge in [-0.15, -0.1) is 0 Å². The van der Waals surface area contributed by atoms with Gasteiger partial charge in [-0.2, -0.15) is 0 Å². The standard InChI is InChI=1S/C52H32N6.C48H28N6/c1-3-9-33(10-4-1)48-32-49(58-52(57-48)37-11-5-2-6-12-37)41-14-7-13-40(30-41)43-25-23-42-29-38(22-24-44(42)54-43)39-19-16-34-20-26-45(55-47(34)31-39)46-27-21-36-18-17-35-15-8-28-53-50(35)51(36)56-46;1-4-32-12-13-33-16-22-43(54-47(33)45(32)49-23-1)42-21-15-31-11-14-35(28-44(31)53-42)34-17-19-41-36(26-34)18-20-40(52-41)30-9-7-29(8-10-30)39-27-37-5-2-24-50-46(37)48-38(39)6-3-25-51-48/h1-32H;1-28H. The Balaban J connectivity index is 0.000000142. The van der Waals surface area contributed by atoms with Crippen LogP contribution in [0.5, 0.6) is 0 Å². The predicted octanol–water partition coefficient (Wildman–Crippen LogP) is 24.3. The van der Waals surface area contributed by atoms with Crippen LogP contribution in [0.15, 0.2) is 365 Å². The second-order valence-electron chi connectivity index (χ2n) is 28.0. The highest BCUT2D eigenvalue weighted by Crippen LogP contribution is 2.39. The van der Waals surface area contributed by atoms with Crippen molar-refractivity contribution in [3.8, 4) is 113 Å². The minimum absolute atomic E-state index is 0.693. The summed E-state index contributed by atoms with van der Waals surface area (Å²) < 4.78 is 0. The van der Waals surface area contributed by atoms with Crippen molar-refractivity contribution in [1.82, 2.24) is 59.8 Å². The maximum Gasteiger partial charge on any atom is 0.160 e. The molecule has 0 radical (unpaired) electrons. The van der Waals surface area contributed by atoms with Crippen LogP contribution in [0.1, 0.15) is 0 Å². The molecule has 0 saturated heterocycles. The van der Waals surface area contributed by atoms with Gasteiger partial charge in [-0.3, -0.25) is 19.9 Å². The summed E-state index contributed by atoms with van der Waals surface area (Å²) in [4.78, 5) is 59.0. The molecule has 0 amide bonds. The first kappa shape index (κ1) is 64.9. The molecule has 22 aromatic rings. The van der Waals surface area contributed by atoms with Crippen molar-refractivity contribution in [2.24, 2.45) is 0 Å². The van der Waals surface area contributed by atoms with E-state index in [1.807, 2.05) is 122 Å². The van der Waals surface area contributed by atoms with Crippen LogP contribution in [0.4, 0.5) is 0 Å². The van der Waals surface area contributed by atoms with E-state index in [9.17, 15) is 0 Å². The molecule has 0 atom stereocenters. The molecular formula is C100H60N12. The number of hydrogen-bond donors (Lipinski definition) is 0. The molecule has 11 aromatic heterocycles. The summed E-state index contributed by atoms with van der Waals surface area (Å²) in [5.41, 5.74) is 27.8. The van der Waals surface area contributed by atoms with Gasteiger partial charge in [-0.25, -0.2) is 39.9 Å². The molecular weight excluding hydrogens is 1370 g/mol. The quantitative estimate of drug-likeness (QED) is 0.120. The van der Waals surface area contributed by atoms with E-state index in [0.717, 1.165) is 216 Å². The van der Waals surface area contributed by atoms with E-state index in [4.69, 9.17) is 39.9 Å². The number of nitrogens with zero attached hydrogens (tertiary/aromatic N) is 12. The Morgan fingerprint density at radius 2 is 0.518 bits per heavy atom. The maximum absolute atomic E-state index is 5.12. The molecule has 0 unspecified atom stereocenters. The Bertz CT molecular complexity index is 7470. The van der Waals surface area contributed by atoms with Crippen molar-refractivity contribution >= 4 is 109 Å². The van der Waals surface area contributed by atoms with Gasteiger partial charge in [0.15, 0.2) is 5.82 Å². The van der Waals surface area contributed by atoms with Gasteiger partial charge in [0.2, 0.25) is 0 Å². The van der Waals surface area contributed by atoms with Crippen LogP contribution in [0.3, 0.4) is 0 Å². The molecule has 0 bridgehead atoms. The molecule has 0 aliphatic heterocycles. The lowest BCUT2D eigenvalue weighted by atomic mass is 9.96. The van der Waals surface area contributed by atoms with E-state index in [1.165, 1.54) is 0 Å². The van der Waals surface area contributed by atoms with Crippen LogP contribution in [0, 0.1) is 0 Å². The van der Waals surface area contributed by atoms with E-state index >= 15 is 0 Å². The molecule has 0 aliphatic carbocycles. The highest BCUT2D eigenvalue weighted by atomic mass is 14.9. The summed E-state index contributed by atoms with van der Waals surface area (Å²) in [6.45, 7) is 0. The molecule has 0 spiro atoms. The van der Waals surface area contributed by atoms with Crippen LogP contribution < -0.4 is 0 Å². The van der Waals surface area contributed by atoms with Crippen LogP contribution >= 0.6 is 0 Å². The van der Waals surface area contributed by atoms with Crippen molar-refractivity contribution in [3.63, 3.8) is 0 Å². The lowest BCUT2D eigenvalue weighted by Gasteiger charge is -2.11. The average molecular weight is 1430 g/mol. The summed E-state index contributed by atoms with van der Waals surface area (Å²) >= 11 is 0. The van der Waals surface area contributed by atoms with Gasteiger partial charge in [-0.1, -0.05) is 224 Å². The molecule has 0 fully saturated rings. The monoisotopic (exact) mass is 1430 g/mol. The number of rotatable bonds is 10. The molecule has 11 heterocycles. The SMILES string of the molecule is c1ccc(-c2cc(-c3cccc(-c4ccc5cc(-c6ccc7ccc(-c8ccc9ccc%10cccnc%10c9n8)nc7c6)ccc5n4)c3)nc(-c3ccccc3)n2)cc1.c1cnc2c(c1)ccc1ccc(-c3ccc4ccc(-c5ccc6nc(-c7ccc(-c8cc9cccnc9c9ncccc89)cc7)ccc6c5)cc4n3)nc12. The van der Waals surface area contributed by atoms with Crippen LogP contribution in [0.2, 0.25) is 0 Å². The van der Waals surface area contributed by atoms with Crippen molar-refractivity contribution in [2.45, 2.75) is 0 Å². The van der Waals surface area contributed by atoms with Gasteiger partial charge in [0.05, 0.1) is 101 Å². The van der Waals surface area contributed by atoms with Gasteiger partial charge >= 0.3 is 0 Å². The first-order chi connectivity index (χ1) is 55.4. The van der Waals surface area contributed by atoms with Gasteiger partial charge < -0.3 is 0 Å². The fourth-order valence-electron chi connectivity index (χ4n) is 15.3. The Morgan fingerprint density at radius 1 is 0.152 bits per heavy atom. The molecule has 0 N–H and O–H groups in total. The van der Waals surface area contributed by atoms with E-state index in [2.05, 4.69) is 263 Å². The van der Waals surface area contributed by atoms with Crippen molar-refractivity contribution in [3.05, 3.63) is 365 Å². The minimum Gasteiger partial charge on any atom is -0.254 e. The van der Waals surface area contributed by atoms with E-state index < -0.39 is 0 Å². The third-order valence-corrected chi connectivity index (χ3v) is 21.1. The molecule has 12 heteroatoms. The fourth-order valence-corrected chi connectivity index (χ4v) is 15.3. The molecule has 11 aromatic carbocycles. The summed E-state index contributed by atoms with van der Waals surface area (Å²) in [6, 6.07) is 117. The number of aromatic nitrogens is 12. The Kier molecular flexibility index (Phi) is 15.9. The second-order valence-corrected chi connectivity index (χ2v) is 28.0. The van der Waals surface area contributed by atoms with Gasteiger partial charge in [0, 0.05) is 106 Å². The van der Waals surface area contributed by atoms with Crippen LogP contribution in [-0.2, 0) is 0 Å². The van der Waals surface area contributed by atoms with Crippen LogP contribution in [-0.4, -0.2) is 59.8 Å². The second kappa shape index (κ2) is 27.4. The first-order valence-electron chi connectivity index (χ1n) is 37.2. The normalized spacial score (nSPS) is 11.6. The number of benzene rings is 11. The van der Waals surface area contributed by atoms with E-state index in [1.54, 1.807) is 0 Å². The topological polar surface area (TPSA) is 155 Å². The van der Waals surface area contributed by atoms with Gasteiger partial charge in [0.1, 0.15) is 0 Å². The molecule has 22 rings (SSSR count). The van der Waals surface area contributed by atoms with Crippen molar-refractivity contribution in [2.75, 3.05) is 0 Å². The smallest absolute Gasteiger partial charge is 0.160 e. The largest absolute Gasteiger partial charge is 0.254 e. The van der Waals surface area contributed by atoms with E-state index in [0.29, 0.717) is 5.82 Å². The lowest BCUT2D eigenvalue weighted by Crippen LogP contribution is -1.96. The highest BCUT2D eigenvalue weighted by Gasteiger charge is 2.18. The van der Waals surface area contributed by atoms with Crippen molar-refractivity contribution in [1.29, 1.82) is 0 Å². The Hall–Kier alpha value is -15.4. The maximum atomic E-state index is 5.12. The number of hydrogen-bond acceptors (Lipinski definition) is 12. The number of fused-ring (bicyclic) bond motifs is 13. The predicted molar refractivity (Wildman–Crippen MR) is 456 cm³/mol. The fraction of sp³-hybridized carbons (Fsp3) is 0. The summed E-state index contributed by atoms with van der Waals surface area (Å²) in [5.74, 6) is 0.693. The number of pyridine rings is 10. The lowest BCUT2D eigenvalue weighted by molar-refractivity contribution is 1.18. The highest BCUT2D eigenvalue weighted by molar-refractivity contribution is 6.11. The molecule has 12 nitrogen and oxygen atoms in total. The Labute approximate surface area is 642 Å². The Morgan fingerprint density at radius 3 is 1.08 bits per heavy atom. The summed E-state index contributed by atoms with van der Waals surface area (Å²) in [5, 5.41) is 10.7. The minimum atomic E-state index is 0.693. The summed E-state index contributed by atoms with van der Waals surface area (Å²) in [6.07, 6.45) is 7.29. The summed E-state index contributed by atoms with van der Waals surface area (Å²) in [7, 11) is 0. The molecule has 520 valence electrons. The average Bonchev–Trinajstić information content (AvgIpc) is 0.751. The molecule has 0 aliphatic rings. The third-order valence-electron chi connectivity index (χ3n) is 21.1. The zero-order valence-electron chi connectivity index (χ0n) is 60.0. The zero-order chi connectivity index (χ0) is 74.0. The van der Waals surface area contributed by atoms with Crippen LogP contribution in [0.25, 0.3) is 222 Å². The van der Waals surface area contributed by atoms with Gasteiger partial charge in [-0.05, 0) is 149 Å². The van der Waals surface area contributed by atoms with Crippen molar-refractivity contribution < 1.29 is 0 Å². The first-order valence-corrected chi connectivity index (χ1v) is 37.2. The molecule has 112 heavy (non-hydrogen) atoms. The molecule has 0 saturated carbocycles. The van der Waals surface area contributed by atoms with E-state index in [-0.39, 0.29) is 0 Å².